The molecule has 194 valence electrons. The van der Waals surface area contributed by atoms with Crippen LogP contribution in [0.2, 0.25) is 0 Å². The quantitative estimate of drug-likeness (QED) is 0.652. The van der Waals surface area contributed by atoms with Gasteiger partial charge in [-0.05, 0) is 68.2 Å². The van der Waals surface area contributed by atoms with Gasteiger partial charge in [0.2, 0.25) is 5.91 Å². The molecule has 0 aliphatic carbocycles. The van der Waals surface area contributed by atoms with Crippen LogP contribution < -0.4 is 15.8 Å². The highest BCUT2D eigenvalue weighted by Gasteiger charge is 2.42. The number of hydrogen-bond acceptors (Lipinski definition) is 5. The smallest absolute Gasteiger partial charge is 0.255 e. The number of ether oxygens (including phenoxy) is 1. The minimum absolute atomic E-state index is 0.0498. The first kappa shape index (κ1) is 26.0. The average Bonchev–Trinajstić information content (AvgIpc) is 2.88. The molecule has 2 aromatic rings. The summed E-state index contributed by atoms with van der Waals surface area (Å²) in [7, 11) is 0. The monoisotopic (exact) mass is 492 g/mol. The summed E-state index contributed by atoms with van der Waals surface area (Å²) in [5.41, 5.74) is 7.00. The average molecular weight is 493 g/mol. The zero-order chi connectivity index (χ0) is 25.5. The van der Waals surface area contributed by atoms with Crippen molar-refractivity contribution in [3.63, 3.8) is 0 Å². The summed E-state index contributed by atoms with van der Waals surface area (Å²) < 4.78 is 6.26. The van der Waals surface area contributed by atoms with Crippen LogP contribution in [0.1, 0.15) is 74.7 Å². The van der Waals surface area contributed by atoms with Crippen molar-refractivity contribution in [3.05, 3.63) is 53.7 Å². The number of pyridine rings is 1. The number of hydrogen-bond donors (Lipinski definition) is 2. The van der Waals surface area contributed by atoms with E-state index in [9.17, 15) is 9.59 Å². The zero-order valence-electron chi connectivity index (χ0n) is 21.7. The van der Waals surface area contributed by atoms with Crippen molar-refractivity contribution in [1.29, 1.82) is 0 Å². The molecule has 0 unspecified atom stereocenters. The Morgan fingerprint density at radius 3 is 2.64 bits per heavy atom. The van der Waals surface area contributed by atoms with Gasteiger partial charge in [-0.2, -0.15) is 0 Å². The van der Waals surface area contributed by atoms with E-state index in [1.54, 1.807) is 12.1 Å². The molecule has 0 saturated carbocycles. The minimum Gasteiger partial charge on any atom is -0.491 e. The van der Waals surface area contributed by atoms with Gasteiger partial charge in [-0.1, -0.05) is 44.9 Å². The third-order valence-electron chi connectivity index (χ3n) is 7.63. The molecule has 2 aliphatic rings. The lowest BCUT2D eigenvalue weighted by molar-refractivity contribution is -0.135. The molecule has 36 heavy (non-hydrogen) atoms. The number of carbonyl (C=O) groups excluding carboxylic acids is 2. The van der Waals surface area contributed by atoms with Crippen LogP contribution in [-0.2, 0) is 11.2 Å². The Bertz CT molecular complexity index is 1030. The van der Waals surface area contributed by atoms with E-state index in [0.717, 1.165) is 44.3 Å². The van der Waals surface area contributed by atoms with E-state index in [4.69, 9.17) is 10.5 Å². The number of benzene rings is 1. The van der Waals surface area contributed by atoms with E-state index in [1.807, 2.05) is 17.0 Å². The van der Waals surface area contributed by atoms with Gasteiger partial charge in [0.15, 0.2) is 0 Å². The van der Waals surface area contributed by atoms with Crippen LogP contribution in [0.5, 0.6) is 5.75 Å². The minimum atomic E-state index is -0.452. The van der Waals surface area contributed by atoms with E-state index in [0.29, 0.717) is 49.8 Å². The molecule has 1 aromatic carbocycles. The maximum Gasteiger partial charge on any atom is 0.255 e. The number of carbonyl (C=O) groups is 2. The molecule has 1 aromatic heterocycles. The first-order valence-corrected chi connectivity index (χ1v) is 13.4. The SMILES string of the molecule is CC(C)C[C@H]1COc2ccccc2CCCCCC2(CCN(C(=O)c3ccc(N)nc3)CC2)C(=O)N1. The molecule has 7 heteroatoms. The molecule has 2 aliphatic heterocycles. The molecule has 7 nitrogen and oxygen atoms in total. The van der Waals surface area contributed by atoms with Crippen LogP contribution in [0.3, 0.4) is 0 Å². The predicted octanol–water partition coefficient (Wildman–Crippen LogP) is 4.61. The fourth-order valence-corrected chi connectivity index (χ4v) is 5.52. The summed E-state index contributed by atoms with van der Waals surface area (Å²) in [5.74, 6) is 1.83. The summed E-state index contributed by atoms with van der Waals surface area (Å²) in [5, 5.41) is 3.37. The summed E-state index contributed by atoms with van der Waals surface area (Å²) in [6.45, 7) is 5.94. The highest BCUT2D eigenvalue weighted by Crippen LogP contribution is 2.38. The molecular formula is C29H40N4O3. The Hall–Kier alpha value is -3.09. The molecule has 0 radical (unpaired) electrons. The predicted molar refractivity (Wildman–Crippen MR) is 142 cm³/mol. The number of anilines is 1. The van der Waals surface area contributed by atoms with E-state index >= 15 is 0 Å². The normalized spacial score (nSPS) is 20.9. The molecule has 2 amide bonds. The topological polar surface area (TPSA) is 97.6 Å². The molecule has 1 spiro atoms. The summed E-state index contributed by atoms with van der Waals surface area (Å²) in [6, 6.07) is 11.6. The number of likely N-dealkylation sites (tertiary alicyclic amines) is 1. The number of para-hydroxylation sites is 1. The summed E-state index contributed by atoms with van der Waals surface area (Å²) in [4.78, 5) is 32.7. The van der Waals surface area contributed by atoms with Crippen molar-refractivity contribution in [2.75, 3.05) is 25.4 Å². The van der Waals surface area contributed by atoms with Crippen LogP contribution in [0, 0.1) is 11.3 Å². The second-order valence-corrected chi connectivity index (χ2v) is 10.8. The standard InChI is InChI=1S/C29H40N4O3/c1-21(2)18-24-20-36-25-10-6-5-9-22(25)8-4-3-7-13-29(28(35)32-24)14-16-33(17-15-29)27(34)23-11-12-26(30)31-19-23/h5-6,9-12,19,21,24H,3-4,7-8,13-18,20H2,1-2H3,(H2,30,31)(H,32,35)/t24-/m0/s1. The highest BCUT2D eigenvalue weighted by molar-refractivity contribution is 5.94. The van der Waals surface area contributed by atoms with Gasteiger partial charge in [-0.3, -0.25) is 9.59 Å². The number of aryl methyl sites for hydroxylation is 1. The molecular weight excluding hydrogens is 452 g/mol. The number of aromatic nitrogens is 1. The Labute approximate surface area is 214 Å². The summed E-state index contributed by atoms with van der Waals surface area (Å²) in [6.07, 6.45) is 8.70. The van der Waals surface area contributed by atoms with Crippen LogP contribution in [0.15, 0.2) is 42.6 Å². The van der Waals surface area contributed by atoms with E-state index in [1.165, 1.54) is 11.8 Å². The van der Waals surface area contributed by atoms with Crippen molar-refractivity contribution < 1.29 is 14.3 Å². The lowest BCUT2D eigenvalue weighted by Gasteiger charge is -2.41. The molecule has 3 heterocycles. The van der Waals surface area contributed by atoms with Gasteiger partial charge in [0, 0.05) is 19.3 Å². The summed E-state index contributed by atoms with van der Waals surface area (Å²) >= 11 is 0. The van der Waals surface area contributed by atoms with Crippen molar-refractivity contribution in [2.24, 2.45) is 11.3 Å². The van der Waals surface area contributed by atoms with Crippen LogP contribution >= 0.6 is 0 Å². The number of rotatable bonds is 3. The first-order chi connectivity index (χ1) is 17.4. The van der Waals surface area contributed by atoms with Gasteiger partial charge in [0.1, 0.15) is 18.2 Å². The van der Waals surface area contributed by atoms with E-state index < -0.39 is 5.41 Å². The Kier molecular flexibility index (Phi) is 8.49. The molecule has 3 N–H and O–H groups in total. The number of fused-ring (bicyclic) bond motifs is 1. The van der Waals surface area contributed by atoms with Crippen LogP contribution in [-0.4, -0.2) is 47.4 Å². The van der Waals surface area contributed by atoms with Gasteiger partial charge < -0.3 is 20.7 Å². The Morgan fingerprint density at radius 2 is 1.92 bits per heavy atom. The largest absolute Gasteiger partial charge is 0.491 e. The zero-order valence-corrected chi connectivity index (χ0v) is 21.7. The Balaban J connectivity index is 1.48. The first-order valence-electron chi connectivity index (χ1n) is 13.4. The lowest BCUT2D eigenvalue weighted by Crippen LogP contribution is -2.53. The lowest BCUT2D eigenvalue weighted by atomic mass is 9.73. The van der Waals surface area contributed by atoms with E-state index in [2.05, 4.69) is 36.3 Å². The van der Waals surface area contributed by atoms with Crippen molar-refractivity contribution in [3.8, 4) is 5.75 Å². The number of nitrogens with zero attached hydrogens (tertiary/aromatic N) is 2. The molecule has 0 bridgehead atoms. The fourth-order valence-electron chi connectivity index (χ4n) is 5.52. The van der Waals surface area contributed by atoms with Crippen LogP contribution in [0.25, 0.3) is 0 Å². The van der Waals surface area contributed by atoms with Crippen molar-refractivity contribution in [1.82, 2.24) is 15.2 Å². The number of nitrogens with one attached hydrogen (secondary N) is 1. The van der Waals surface area contributed by atoms with Crippen LogP contribution in [0.4, 0.5) is 5.82 Å². The second-order valence-electron chi connectivity index (χ2n) is 10.8. The van der Waals surface area contributed by atoms with Gasteiger partial charge in [0.05, 0.1) is 17.0 Å². The van der Waals surface area contributed by atoms with Gasteiger partial charge in [-0.15, -0.1) is 0 Å². The molecule has 1 fully saturated rings. The number of amides is 2. The molecule has 1 atom stereocenters. The van der Waals surface area contributed by atoms with Crippen molar-refractivity contribution >= 4 is 17.6 Å². The number of nitrogens with two attached hydrogens (primary N) is 1. The van der Waals surface area contributed by atoms with Gasteiger partial charge in [0.25, 0.3) is 5.91 Å². The fraction of sp³-hybridized carbons (Fsp3) is 0.552. The van der Waals surface area contributed by atoms with Gasteiger partial charge in [-0.25, -0.2) is 4.98 Å². The third-order valence-corrected chi connectivity index (χ3v) is 7.63. The van der Waals surface area contributed by atoms with Gasteiger partial charge >= 0.3 is 0 Å². The maximum absolute atomic E-state index is 13.8. The number of piperidine rings is 1. The maximum atomic E-state index is 13.8. The van der Waals surface area contributed by atoms with E-state index in [-0.39, 0.29) is 17.9 Å². The molecule has 4 rings (SSSR count). The third kappa shape index (κ3) is 6.37. The number of nitrogen functional groups attached to an aromatic ring is 1. The highest BCUT2D eigenvalue weighted by atomic mass is 16.5. The van der Waals surface area contributed by atoms with Crippen molar-refractivity contribution in [2.45, 2.75) is 71.3 Å². The second kappa shape index (κ2) is 11.8. The Morgan fingerprint density at radius 1 is 1.14 bits per heavy atom. The molecule has 1 saturated heterocycles.